The molecule has 0 aliphatic rings. The van der Waals surface area contributed by atoms with Crippen molar-refractivity contribution >= 4 is 0 Å². The van der Waals surface area contributed by atoms with Gasteiger partial charge in [0.2, 0.25) is 0 Å². The van der Waals surface area contributed by atoms with Crippen LogP contribution in [0.15, 0.2) is 44.0 Å². The zero-order chi connectivity index (χ0) is 10.6. The molecule has 8 nitrogen and oxygen atoms in total. The minimum Gasteiger partial charge on any atom is -0.351 e. The molecule has 0 spiro atoms. The molecule has 15 heavy (non-hydrogen) atoms. The molecule has 3 rings (SSSR count). The molecule has 0 fully saturated rings. The molecule has 78 valence electrons. The minimum absolute atomic E-state index is 1.44. The van der Waals surface area contributed by atoms with Crippen molar-refractivity contribution in [2.45, 2.75) is 0 Å². The first kappa shape index (κ1) is 10.6. The van der Waals surface area contributed by atoms with Crippen LogP contribution in [0.3, 0.4) is 0 Å². The van der Waals surface area contributed by atoms with Crippen LogP contribution in [0, 0.1) is 0 Å². The first-order valence-electron chi connectivity index (χ1n) is 4.00. The summed E-state index contributed by atoms with van der Waals surface area (Å²) in [5.74, 6) is 0. The van der Waals surface area contributed by atoms with Crippen molar-refractivity contribution in [2.24, 2.45) is 0 Å². The zero-order valence-corrected chi connectivity index (χ0v) is 7.78. The molecular weight excluding hydrogens is 196 g/mol. The molecule has 0 bridgehead atoms. The molecule has 3 aromatic heterocycles. The summed E-state index contributed by atoms with van der Waals surface area (Å²) < 4.78 is 0. The van der Waals surface area contributed by atoms with E-state index in [4.69, 9.17) is 0 Å². The third-order valence-corrected chi connectivity index (χ3v) is 1.07. The van der Waals surface area contributed by atoms with Crippen molar-refractivity contribution in [2.75, 3.05) is 0 Å². The van der Waals surface area contributed by atoms with Crippen LogP contribution in [0.5, 0.6) is 0 Å². The molecular formula is C7H10N8. The lowest BCUT2D eigenvalue weighted by molar-refractivity contribution is 1.09. The Bertz CT molecular complexity index is 247. The number of hydrogen-bond donors (Lipinski definition) is 3. The van der Waals surface area contributed by atoms with E-state index in [2.05, 4.69) is 40.3 Å². The number of nitrogens with one attached hydrogen (secondary N) is 3. The fourth-order valence-electron chi connectivity index (χ4n) is 0.548. The lowest BCUT2D eigenvalue weighted by Crippen LogP contribution is -1.53. The Hall–Kier alpha value is -2.51. The Kier molecular flexibility index (Phi) is 5.71. The third kappa shape index (κ3) is 6.63. The van der Waals surface area contributed by atoms with E-state index in [1.807, 2.05) is 0 Å². The summed E-state index contributed by atoms with van der Waals surface area (Å²) in [7, 11) is 0. The number of H-pyrrole nitrogens is 3. The zero-order valence-electron chi connectivity index (χ0n) is 7.78. The normalized spacial score (nSPS) is 8.00. The second kappa shape index (κ2) is 8.10. The molecule has 0 amide bonds. The number of nitrogens with zero attached hydrogens (tertiary/aromatic N) is 5. The highest BCUT2D eigenvalue weighted by atomic mass is 15.2. The second-order valence-corrected chi connectivity index (χ2v) is 2.06. The van der Waals surface area contributed by atoms with Gasteiger partial charge in [-0.3, -0.25) is 10.2 Å². The first-order chi connectivity index (χ1) is 7.50. The largest absolute Gasteiger partial charge is 0.351 e. The smallest absolute Gasteiger partial charge is 0.137 e. The Morgan fingerprint density at radius 3 is 1.53 bits per heavy atom. The maximum Gasteiger partial charge on any atom is 0.137 e. The predicted octanol–water partition coefficient (Wildman–Crippen LogP) is 0.0191. The van der Waals surface area contributed by atoms with Crippen molar-refractivity contribution in [1.82, 2.24) is 40.3 Å². The van der Waals surface area contributed by atoms with Crippen LogP contribution in [-0.2, 0) is 0 Å². The van der Waals surface area contributed by atoms with E-state index < -0.39 is 0 Å². The molecule has 0 aromatic carbocycles. The molecule has 3 aromatic rings. The summed E-state index contributed by atoms with van der Waals surface area (Å²) in [6.45, 7) is 0. The number of aromatic nitrogens is 8. The van der Waals surface area contributed by atoms with Crippen molar-refractivity contribution < 1.29 is 0 Å². The highest BCUT2D eigenvalue weighted by Gasteiger charge is 1.57. The Morgan fingerprint density at radius 1 is 0.733 bits per heavy atom. The topological polar surface area (TPSA) is 112 Å². The van der Waals surface area contributed by atoms with Crippen LogP contribution in [0.2, 0.25) is 0 Å². The van der Waals surface area contributed by atoms with E-state index in [1.165, 1.54) is 25.3 Å². The monoisotopic (exact) mass is 206 g/mol. The lowest BCUT2D eigenvalue weighted by Gasteiger charge is -1.46. The standard InChI is InChI=1S/C3H4N2.2C2H3N3/c1-2-5-3-4-1;2*1-3-2-5-4-1/h1-3H,(H,4,5);2*1-2H,(H,3,4,5). The average Bonchev–Trinajstić information content (AvgIpc) is 3.09. The van der Waals surface area contributed by atoms with E-state index in [1.54, 1.807) is 18.7 Å². The third-order valence-electron chi connectivity index (χ3n) is 1.07. The summed E-state index contributed by atoms with van der Waals surface area (Å²) in [4.78, 5) is 13.5. The number of imidazole rings is 1. The van der Waals surface area contributed by atoms with E-state index >= 15 is 0 Å². The summed E-state index contributed by atoms with van der Waals surface area (Å²) in [5, 5.41) is 12.0. The van der Waals surface area contributed by atoms with E-state index in [0.29, 0.717) is 0 Å². The molecule has 0 unspecified atom stereocenters. The van der Waals surface area contributed by atoms with E-state index in [9.17, 15) is 0 Å². The van der Waals surface area contributed by atoms with Gasteiger partial charge >= 0.3 is 0 Å². The number of aromatic amines is 3. The quantitative estimate of drug-likeness (QED) is 0.480. The van der Waals surface area contributed by atoms with Gasteiger partial charge in [0.1, 0.15) is 25.3 Å². The molecule has 0 saturated carbocycles. The Balaban J connectivity index is 0.000000112. The summed E-state index contributed by atoms with van der Waals surface area (Å²) in [5.41, 5.74) is 0. The molecule has 0 atom stereocenters. The number of rotatable bonds is 0. The Labute approximate surface area is 85.2 Å². The van der Waals surface area contributed by atoms with Gasteiger partial charge in [-0.15, -0.1) is 0 Å². The van der Waals surface area contributed by atoms with Crippen LogP contribution < -0.4 is 0 Å². The summed E-state index contributed by atoms with van der Waals surface area (Å²) >= 11 is 0. The van der Waals surface area contributed by atoms with Gasteiger partial charge < -0.3 is 4.98 Å². The highest BCUT2D eigenvalue weighted by Crippen LogP contribution is 1.62. The molecule has 3 N–H and O–H groups in total. The van der Waals surface area contributed by atoms with Crippen LogP contribution in [-0.4, -0.2) is 40.3 Å². The molecule has 0 aliphatic carbocycles. The lowest BCUT2D eigenvalue weighted by atomic mass is 11.0. The fourth-order valence-corrected chi connectivity index (χ4v) is 0.548. The van der Waals surface area contributed by atoms with Crippen molar-refractivity contribution in [3.8, 4) is 0 Å². The second-order valence-electron chi connectivity index (χ2n) is 2.06. The van der Waals surface area contributed by atoms with Crippen LogP contribution >= 0.6 is 0 Å². The highest BCUT2D eigenvalue weighted by molar-refractivity contribution is 4.64. The molecule has 0 aliphatic heterocycles. The first-order valence-corrected chi connectivity index (χ1v) is 4.00. The van der Waals surface area contributed by atoms with Gasteiger partial charge in [0.15, 0.2) is 0 Å². The van der Waals surface area contributed by atoms with Gasteiger partial charge in [-0.25, -0.2) is 15.0 Å². The SMILES string of the molecule is c1c[nH]cn1.c1nc[nH]n1.c1nc[nH]n1. The van der Waals surface area contributed by atoms with Crippen molar-refractivity contribution in [3.05, 3.63) is 44.0 Å². The van der Waals surface area contributed by atoms with Gasteiger partial charge in [0.05, 0.1) is 6.33 Å². The number of hydrogen-bond acceptors (Lipinski definition) is 5. The molecule has 0 radical (unpaired) electrons. The van der Waals surface area contributed by atoms with Gasteiger partial charge in [-0.2, -0.15) is 10.2 Å². The van der Waals surface area contributed by atoms with Gasteiger partial charge in [-0.1, -0.05) is 0 Å². The molecule has 0 saturated heterocycles. The van der Waals surface area contributed by atoms with E-state index in [-0.39, 0.29) is 0 Å². The van der Waals surface area contributed by atoms with Crippen LogP contribution in [0.1, 0.15) is 0 Å². The summed E-state index contributed by atoms with van der Waals surface area (Å²) in [6, 6.07) is 0. The summed E-state index contributed by atoms with van der Waals surface area (Å²) in [6.07, 6.45) is 11.0. The van der Waals surface area contributed by atoms with Gasteiger partial charge in [-0.05, 0) is 0 Å². The van der Waals surface area contributed by atoms with Crippen LogP contribution in [0.4, 0.5) is 0 Å². The fraction of sp³-hybridized carbons (Fsp3) is 0. The maximum atomic E-state index is 3.67. The van der Waals surface area contributed by atoms with Crippen molar-refractivity contribution in [3.63, 3.8) is 0 Å². The van der Waals surface area contributed by atoms with Crippen LogP contribution in [0.25, 0.3) is 0 Å². The minimum atomic E-state index is 1.44. The molecule has 8 heteroatoms. The van der Waals surface area contributed by atoms with Gasteiger partial charge in [0, 0.05) is 12.4 Å². The predicted molar refractivity (Wildman–Crippen MR) is 51.4 cm³/mol. The Morgan fingerprint density at radius 2 is 1.40 bits per heavy atom. The maximum absolute atomic E-state index is 3.67. The van der Waals surface area contributed by atoms with Gasteiger partial charge in [0.25, 0.3) is 0 Å². The average molecular weight is 206 g/mol. The van der Waals surface area contributed by atoms with Crippen molar-refractivity contribution in [1.29, 1.82) is 0 Å². The molecule has 3 heterocycles. The van der Waals surface area contributed by atoms with E-state index in [0.717, 1.165) is 0 Å².